The van der Waals surface area contributed by atoms with E-state index in [2.05, 4.69) is 15.7 Å². The molecule has 7 nitrogen and oxygen atoms in total. The molecule has 138 valence electrons. The summed E-state index contributed by atoms with van der Waals surface area (Å²) in [5.74, 6) is -0.342. The molecule has 1 aliphatic rings. The van der Waals surface area contributed by atoms with Gasteiger partial charge < -0.3 is 15.4 Å². The Balaban J connectivity index is 1.60. The van der Waals surface area contributed by atoms with Crippen LogP contribution in [0.15, 0.2) is 42.7 Å². The first kappa shape index (κ1) is 18.1. The molecule has 2 aromatic rings. The number of esters is 1. The zero-order chi connectivity index (χ0) is 18.4. The van der Waals surface area contributed by atoms with Crippen molar-refractivity contribution in [3.8, 4) is 0 Å². The molecule has 1 fully saturated rings. The van der Waals surface area contributed by atoms with Gasteiger partial charge in [-0.1, -0.05) is 12.1 Å². The number of nitrogens with zero attached hydrogens (tertiary/aromatic N) is 2. The number of ether oxygens (including phenoxy) is 1. The normalized spacial score (nSPS) is 16.0. The van der Waals surface area contributed by atoms with Crippen LogP contribution in [0, 0.1) is 0 Å². The van der Waals surface area contributed by atoms with Gasteiger partial charge in [-0.15, -0.1) is 0 Å². The Bertz CT molecular complexity index is 735. The zero-order valence-electron chi connectivity index (χ0n) is 14.9. The van der Waals surface area contributed by atoms with Gasteiger partial charge in [0.25, 0.3) is 0 Å². The van der Waals surface area contributed by atoms with Gasteiger partial charge >= 0.3 is 5.97 Å². The van der Waals surface area contributed by atoms with Crippen molar-refractivity contribution in [3.05, 3.63) is 53.9 Å². The summed E-state index contributed by atoms with van der Waals surface area (Å²) in [7, 11) is 1.36. The average molecular weight is 356 g/mol. The first-order chi connectivity index (χ1) is 12.7. The van der Waals surface area contributed by atoms with Crippen LogP contribution in [-0.2, 0) is 21.5 Å². The van der Waals surface area contributed by atoms with E-state index in [9.17, 15) is 9.59 Å². The smallest absolute Gasteiger partial charge is 0.337 e. The Morgan fingerprint density at radius 3 is 2.62 bits per heavy atom. The number of aromatic nitrogens is 2. The zero-order valence-corrected chi connectivity index (χ0v) is 14.9. The number of carbonyl (C=O) groups is 2. The molecule has 0 atom stereocenters. The molecule has 0 bridgehead atoms. The van der Waals surface area contributed by atoms with Gasteiger partial charge in [0, 0.05) is 18.9 Å². The Hall–Kier alpha value is -2.67. The van der Waals surface area contributed by atoms with Gasteiger partial charge in [0.05, 0.1) is 12.7 Å². The molecule has 26 heavy (non-hydrogen) atoms. The molecule has 0 unspecified atom stereocenters. The lowest BCUT2D eigenvalue weighted by molar-refractivity contribution is -0.131. The summed E-state index contributed by atoms with van der Waals surface area (Å²) in [5.41, 5.74) is 0.952. The highest BCUT2D eigenvalue weighted by molar-refractivity contribution is 5.89. The standard InChI is InChI=1S/C19H24N4O3/c1-26-17(24)16-5-3-15(4-6-16)7-11-21-18(25)19(8-12-20-13-9-19)23-14-2-10-22-23/h2-6,10,14,20H,7-9,11-13H2,1H3,(H,21,25). The van der Waals surface area contributed by atoms with Crippen molar-refractivity contribution in [2.45, 2.75) is 24.8 Å². The van der Waals surface area contributed by atoms with Crippen LogP contribution in [0.5, 0.6) is 0 Å². The molecular formula is C19H24N4O3. The van der Waals surface area contributed by atoms with E-state index in [0.717, 1.165) is 18.7 Å². The number of benzene rings is 1. The van der Waals surface area contributed by atoms with Gasteiger partial charge in [-0.05, 0) is 56.1 Å². The Kier molecular flexibility index (Phi) is 5.68. The molecule has 1 saturated heterocycles. The van der Waals surface area contributed by atoms with Gasteiger partial charge in [0.15, 0.2) is 0 Å². The summed E-state index contributed by atoms with van der Waals surface area (Å²) in [5, 5.41) is 10.7. The minimum atomic E-state index is -0.622. The predicted molar refractivity (Wildman–Crippen MR) is 96.8 cm³/mol. The summed E-state index contributed by atoms with van der Waals surface area (Å²) in [6, 6.07) is 9.08. The highest BCUT2D eigenvalue weighted by Gasteiger charge is 2.41. The fourth-order valence-corrected chi connectivity index (χ4v) is 3.33. The maximum absolute atomic E-state index is 12.9. The van der Waals surface area contributed by atoms with E-state index in [1.54, 1.807) is 23.0 Å². The third-order valence-corrected chi connectivity index (χ3v) is 4.87. The first-order valence-corrected chi connectivity index (χ1v) is 8.82. The van der Waals surface area contributed by atoms with Gasteiger partial charge in [0.1, 0.15) is 5.54 Å². The Morgan fingerprint density at radius 1 is 1.27 bits per heavy atom. The van der Waals surface area contributed by atoms with E-state index >= 15 is 0 Å². The summed E-state index contributed by atoms with van der Waals surface area (Å²) in [6.07, 6.45) is 5.69. The number of methoxy groups -OCH3 is 1. The van der Waals surface area contributed by atoms with Gasteiger partial charge in [0.2, 0.25) is 5.91 Å². The van der Waals surface area contributed by atoms with Crippen molar-refractivity contribution in [2.24, 2.45) is 0 Å². The molecule has 2 N–H and O–H groups in total. The van der Waals surface area contributed by atoms with Crippen molar-refractivity contribution in [1.82, 2.24) is 20.4 Å². The first-order valence-electron chi connectivity index (χ1n) is 8.82. The van der Waals surface area contributed by atoms with E-state index in [0.29, 0.717) is 31.4 Å². The monoisotopic (exact) mass is 356 g/mol. The third-order valence-electron chi connectivity index (χ3n) is 4.87. The number of amides is 1. The van der Waals surface area contributed by atoms with E-state index in [1.807, 2.05) is 24.4 Å². The molecule has 2 heterocycles. The topological polar surface area (TPSA) is 85.2 Å². The van der Waals surface area contributed by atoms with Crippen LogP contribution < -0.4 is 10.6 Å². The molecule has 0 spiro atoms. The van der Waals surface area contributed by atoms with Crippen molar-refractivity contribution in [3.63, 3.8) is 0 Å². The molecule has 7 heteroatoms. The third kappa shape index (κ3) is 3.77. The molecule has 0 aliphatic carbocycles. The second-order valence-electron chi connectivity index (χ2n) is 6.43. The number of hydrogen-bond donors (Lipinski definition) is 2. The number of piperidine rings is 1. The van der Waals surface area contributed by atoms with E-state index in [-0.39, 0.29) is 11.9 Å². The minimum absolute atomic E-state index is 0.00822. The Morgan fingerprint density at radius 2 is 2.00 bits per heavy atom. The number of carbonyl (C=O) groups excluding carboxylic acids is 2. The SMILES string of the molecule is COC(=O)c1ccc(CCNC(=O)C2(n3cccn3)CCNCC2)cc1. The fourth-order valence-electron chi connectivity index (χ4n) is 3.33. The second kappa shape index (κ2) is 8.14. The van der Waals surface area contributed by atoms with Crippen LogP contribution in [0.1, 0.15) is 28.8 Å². The number of nitrogens with one attached hydrogen (secondary N) is 2. The highest BCUT2D eigenvalue weighted by atomic mass is 16.5. The van der Waals surface area contributed by atoms with Gasteiger partial charge in [-0.25, -0.2) is 4.79 Å². The van der Waals surface area contributed by atoms with E-state index in [4.69, 9.17) is 4.74 Å². The summed E-state index contributed by atoms with van der Waals surface area (Å²) < 4.78 is 6.48. The predicted octanol–water partition coefficient (Wildman–Crippen LogP) is 1.11. The molecule has 0 radical (unpaired) electrons. The lowest BCUT2D eigenvalue weighted by Crippen LogP contribution is -2.54. The molecule has 1 amide bonds. The molecule has 0 saturated carbocycles. The van der Waals surface area contributed by atoms with Crippen molar-refractivity contribution >= 4 is 11.9 Å². The lowest BCUT2D eigenvalue weighted by Gasteiger charge is -2.36. The van der Waals surface area contributed by atoms with Crippen molar-refractivity contribution in [1.29, 1.82) is 0 Å². The van der Waals surface area contributed by atoms with Crippen LogP contribution in [0.2, 0.25) is 0 Å². The molecule has 1 aromatic carbocycles. The largest absolute Gasteiger partial charge is 0.465 e. The van der Waals surface area contributed by atoms with Gasteiger partial charge in [-0.3, -0.25) is 9.48 Å². The van der Waals surface area contributed by atoms with Crippen LogP contribution >= 0.6 is 0 Å². The maximum Gasteiger partial charge on any atom is 0.337 e. The summed E-state index contributed by atoms with van der Waals surface area (Å²) >= 11 is 0. The molecule has 1 aromatic heterocycles. The molecule has 1 aliphatic heterocycles. The van der Waals surface area contributed by atoms with Gasteiger partial charge in [-0.2, -0.15) is 5.10 Å². The quantitative estimate of drug-likeness (QED) is 0.758. The van der Waals surface area contributed by atoms with E-state index < -0.39 is 5.54 Å². The highest BCUT2D eigenvalue weighted by Crippen LogP contribution is 2.27. The summed E-state index contributed by atoms with van der Waals surface area (Å²) in [6.45, 7) is 2.12. The second-order valence-corrected chi connectivity index (χ2v) is 6.43. The van der Waals surface area contributed by atoms with Crippen LogP contribution in [0.3, 0.4) is 0 Å². The Labute approximate surface area is 152 Å². The fraction of sp³-hybridized carbons (Fsp3) is 0.421. The van der Waals surface area contributed by atoms with Crippen molar-refractivity contribution < 1.29 is 14.3 Å². The molecular weight excluding hydrogens is 332 g/mol. The average Bonchev–Trinajstić information content (AvgIpc) is 3.23. The van der Waals surface area contributed by atoms with Crippen LogP contribution in [-0.4, -0.2) is 48.4 Å². The maximum atomic E-state index is 12.9. The number of rotatable bonds is 6. The summed E-state index contributed by atoms with van der Waals surface area (Å²) in [4.78, 5) is 24.4. The van der Waals surface area contributed by atoms with Crippen LogP contribution in [0.4, 0.5) is 0 Å². The lowest BCUT2D eigenvalue weighted by atomic mass is 9.87. The van der Waals surface area contributed by atoms with E-state index in [1.165, 1.54) is 7.11 Å². The van der Waals surface area contributed by atoms with Crippen LogP contribution in [0.25, 0.3) is 0 Å². The van der Waals surface area contributed by atoms with Crippen molar-refractivity contribution in [2.75, 3.05) is 26.7 Å². The molecule has 3 rings (SSSR count). The number of hydrogen-bond acceptors (Lipinski definition) is 5. The minimum Gasteiger partial charge on any atom is -0.465 e.